The molecule has 0 bridgehead atoms. The van der Waals surface area contributed by atoms with Gasteiger partial charge in [-0.2, -0.15) is 0 Å². The van der Waals surface area contributed by atoms with Gasteiger partial charge in [0, 0.05) is 0 Å². The summed E-state index contributed by atoms with van der Waals surface area (Å²) >= 11 is 0.758. The molecular formula is MoO4PZn. The van der Waals surface area contributed by atoms with Crippen LogP contribution in [0.4, 0.5) is 0 Å². The topological polar surface area (TPSA) is 72.4 Å². The predicted octanol–water partition coefficient (Wildman–Crippen LogP) is -1.71. The van der Waals surface area contributed by atoms with Crippen LogP contribution in [0.2, 0.25) is 0 Å². The average Bonchev–Trinajstić information content (AvgIpc) is 1.35. The van der Waals surface area contributed by atoms with E-state index in [0.717, 1.165) is 20.2 Å². The standard InChI is InChI=1S/Mo.H3O4P.Zn/c;1-5(2,3)4;/h;(H3,1,2,3,4);/q+1;;+2/p-3. The largest absolute Gasteiger partial charge is 2.00 e. The molecule has 0 amide bonds. The molecule has 37 valence electrons. The van der Waals surface area contributed by atoms with Crippen LogP contribution >= 0.6 is 7.82 Å². The molecule has 0 aromatic rings. The predicted molar refractivity (Wildman–Crippen MR) is 8.69 cm³/mol. The van der Waals surface area contributed by atoms with E-state index in [0.29, 0.717) is 0 Å². The maximum atomic E-state index is 9.25. The van der Waals surface area contributed by atoms with Gasteiger partial charge in [-0.05, 0) is 0 Å². The van der Waals surface area contributed by atoms with E-state index < -0.39 is 7.82 Å². The molecule has 0 aliphatic carbocycles. The molecule has 0 radical (unpaired) electrons. The Hall–Kier alpha value is 1.42. The summed E-state index contributed by atoms with van der Waals surface area (Å²) in [6.07, 6.45) is 0. The second-order valence-corrected chi connectivity index (χ2v) is 2.66. The molecule has 0 aliphatic rings. The third-order valence-electron chi connectivity index (χ3n) is 0.0913. The molecule has 0 unspecified atom stereocenters. The number of rotatable bonds is 1. The Morgan fingerprint density at radius 3 is 1.71 bits per heavy atom. The molecule has 0 saturated carbocycles. The maximum absolute atomic E-state index is 9.25. The maximum Gasteiger partial charge on any atom is 2.00 e. The molecule has 4 nitrogen and oxygen atoms in total. The summed E-state index contributed by atoms with van der Waals surface area (Å²) in [6, 6.07) is 0. The second kappa shape index (κ2) is 4.32. The zero-order valence-electron chi connectivity index (χ0n) is 3.20. The summed E-state index contributed by atoms with van der Waals surface area (Å²) in [6.45, 7) is 0. The first kappa shape index (κ1) is 11.2. The second-order valence-electron chi connectivity index (χ2n) is 0.522. The van der Waals surface area contributed by atoms with Crippen molar-refractivity contribution in [3.8, 4) is 0 Å². The number of phosphoric acid groups is 1. The fourth-order valence-electron chi connectivity index (χ4n) is 0. The Morgan fingerprint density at radius 1 is 1.57 bits per heavy atom. The van der Waals surface area contributed by atoms with Crippen LogP contribution < -0.4 is 9.79 Å². The smallest absolute Gasteiger partial charge is 2.00 e. The van der Waals surface area contributed by atoms with Gasteiger partial charge in [0.2, 0.25) is 0 Å². The summed E-state index contributed by atoms with van der Waals surface area (Å²) in [5.41, 5.74) is 0. The Morgan fingerprint density at radius 2 is 1.71 bits per heavy atom. The van der Waals surface area contributed by atoms with Gasteiger partial charge in [-0.1, -0.05) is 0 Å². The van der Waals surface area contributed by atoms with Crippen molar-refractivity contribution >= 4 is 7.82 Å². The molecular weight excluding hydrogens is 256 g/mol. The van der Waals surface area contributed by atoms with Crippen LogP contribution in [0.15, 0.2) is 0 Å². The van der Waals surface area contributed by atoms with Gasteiger partial charge in [-0.3, -0.25) is 0 Å². The molecule has 0 aliphatic heterocycles. The molecule has 0 aromatic carbocycles. The zero-order chi connectivity index (χ0) is 5.21. The van der Waals surface area contributed by atoms with Gasteiger partial charge >= 0.3 is 65.0 Å². The van der Waals surface area contributed by atoms with E-state index in [4.69, 9.17) is 0 Å². The third-order valence-corrected chi connectivity index (χ3v) is 1.62. The number of hydrogen-bond donors (Lipinski definition) is 0. The van der Waals surface area contributed by atoms with Crippen molar-refractivity contribution in [1.82, 2.24) is 0 Å². The molecule has 0 atom stereocenters. The summed E-state index contributed by atoms with van der Waals surface area (Å²) in [4.78, 5) is 18.5. The van der Waals surface area contributed by atoms with Crippen LogP contribution in [0, 0.1) is 0 Å². The van der Waals surface area contributed by atoms with Crippen molar-refractivity contribution in [3.63, 3.8) is 0 Å². The number of hydrogen-bond acceptors (Lipinski definition) is 4. The molecule has 7 heavy (non-hydrogen) atoms. The Kier molecular flexibility index (Phi) is 6.93. The molecule has 0 saturated heterocycles. The molecule has 0 spiro atoms. The van der Waals surface area contributed by atoms with E-state index in [1.54, 1.807) is 0 Å². The molecule has 0 N–H and O–H groups in total. The Balaban J connectivity index is 0. The molecule has 0 aromatic heterocycles. The summed E-state index contributed by atoms with van der Waals surface area (Å²) < 4.78 is 12.6. The van der Waals surface area contributed by atoms with Gasteiger partial charge in [-0.25, -0.2) is 0 Å². The van der Waals surface area contributed by atoms with E-state index >= 15 is 0 Å². The van der Waals surface area contributed by atoms with Gasteiger partial charge < -0.3 is 0 Å². The van der Waals surface area contributed by atoms with Crippen LogP contribution in [0.3, 0.4) is 0 Å². The molecule has 0 fully saturated rings. The van der Waals surface area contributed by atoms with Crippen LogP contribution in [-0.2, 0) is 47.4 Å². The minimum absolute atomic E-state index is 0. The first-order chi connectivity index (χ1) is 2.56. The minimum Gasteiger partial charge on any atom is 2.00 e. The minimum atomic E-state index is -4.64. The SMILES string of the molecule is O=P([O-])([O-])[O][Mo].[Zn+2]. The van der Waals surface area contributed by atoms with E-state index in [9.17, 15) is 14.4 Å². The van der Waals surface area contributed by atoms with Crippen LogP contribution in [0.25, 0.3) is 0 Å². The summed E-state index contributed by atoms with van der Waals surface area (Å²) in [5, 5.41) is 0. The van der Waals surface area contributed by atoms with Crippen molar-refractivity contribution < 1.29 is 57.2 Å². The quantitative estimate of drug-likeness (QED) is 0.414. The first-order valence-electron chi connectivity index (χ1n) is 0.897. The molecule has 7 heteroatoms. The van der Waals surface area contributed by atoms with Gasteiger partial charge in [0.05, 0.1) is 0 Å². The van der Waals surface area contributed by atoms with Crippen LogP contribution in [0.5, 0.6) is 0 Å². The molecule has 0 heterocycles. The van der Waals surface area contributed by atoms with Gasteiger partial charge in [0.1, 0.15) is 0 Å². The fourth-order valence-corrected chi connectivity index (χ4v) is 0. The van der Waals surface area contributed by atoms with Gasteiger partial charge in [-0.15, -0.1) is 0 Å². The zero-order valence-corrected chi connectivity index (χ0v) is 9.06. The van der Waals surface area contributed by atoms with Crippen LogP contribution in [-0.4, -0.2) is 0 Å². The first-order valence-corrected chi connectivity index (χ1v) is 3.18. The van der Waals surface area contributed by atoms with Crippen molar-refractivity contribution in [2.45, 2.75) is 0 Å². The Labute approximate surface area is 65.0 Å². The van der Waals surface area contributed by atoms with Gasteiger partial charge in [0.15, 0.2) is 0 Å². The monoisotopic (exact) mass is 257 g/mol. The van der Waals surface area contributed by atoms with Crippen molar-refractivity contribution in [2.24, 2.45) is 0 Å². The van der Waals surface area contributed by atoms with Gasteiger partial charge in [0.25, 0.3) is 0 Å². The normalized spacial score (nSPS) is 10.0. The van der Waals surface area contributed by atoms with Crippen molar-refractivity contribution in [3.05, 3.63) is 0 Å². The summed E-state index contributed by atoms with van der Waals surface area (Å²) in [7, 11) is -4.64. The van der Waals surface area contributed by atoms with E-state index in [2.05, 4.69) is 3.18 Å². The third kappa shape index (κ3) is 11.2. The van der Waals surface area contributed by atoms with Crippen molar-refractivity contribution in [2.75, 3.05) is 0 Å². The van der Waals surface area contributed by atoms with E-state index in [1.165, 1.54) is 0 Å². The van der Waals surface area contributed by atoms with E-state index in [-0.39, 0.29) is 19.5 Å². The summed E-state index contributed by atoms with van der Waals surface area (Å²) in [5.74, 6) is 0. The van der Waals surface area contributed by atoms with E-state index in [1.807, 2.05) is 0 Å². The fraction of sp³-hybridized carbons (Fsp3) is 0. The molecule has 0 rings (SSSR count). The Bertz CT molecular complexity index is 75.8. The van der Waals surface area contributed by atoms with Crippen LogP contribution in [0.1, 0.15) is 0 Å². The van der Waals surface area contributed by atoms with Crippen molar-refractivity contribution in [1.29, 1.82) is 0 Å². The average molecular weight is 256 g/mol.